The van der Waals surface area contributed by atoms with Crippen LogP contribution in [0.2, 0.25) is 5.02 Å². The summed E-state index contributed by atoms with van der Waals surface area (Å²) < 4.78 is 1.06. The van der Waals surface area contributed by atoms with Crippen LogP contribution in [0.3, 0.4) is 0 Å². The molecule has 0 saturated heterocycles. The van der Waals surface area contributed by atoms with Crippen molar-refractivity contribution in [2.24, 2.45) is 0 Å². The van der Waals surface area contributed by atoms with Gasteiger partial charge in [0.25, 0.3) is 5.69 Å². The van der Waals surface area contributed by atoms with E-state index in [-0.39, 0.29) is 5.69 Å². The van der Waals surface area contributed by atoms with Gasteiger partial charge in [-0.25, -0.2) is 0 Å². The first-order valence-corrected chi connectivity index (χ1v) is 7.55. The molecular weight excluding hydrogens is 403 g/mol. The molecule has 4 nitrogen and oxygen atoms in total. The fourth-order valence-corrected chi connectivity index (χ4v) is 2.88. The topological polar surface area (TPSA) is 66.9 Å². The normalized spacial score (nSPS) is 11.7. The Balaban J connectivity index is 2.40. The van der Waals surface area contributed by atoms with E-state index in [0.717, 1.165) is 9.13 Å². The van der Waals surface area contributed by atoms with E-state index in [9.17, 15) is 15.4 Å². The molecule has 0 radical (unpaired) electrons. The molecule has 0 bridgehead atoms. The second kappa shape index (κ2) is 6.87. The Hall–Kier alpha value is -1.65. The molecule has 0 aliphatic rings. The maximum Gasteiger partial charge on any atom is 0.274 e. The zero-order valence-electron chi connectivity index (χ0n) is 10.8. The van der Waals surface area contributed by atoms with E-state index in [2.05, 4.69) is 28.7 Å². The highest BCUT2D eigenvalue weighted by atomic mass is 127. The molecule has 1 atom stereocenters. The molecule has 2 rings (SSSR count). The first-order valence-electron chi connectivity index (χ1n) is 6.09. The minimum Gasteiger partial charge on any atom is -0.258 e. The summed E-state index contributed by atoms with van der Waals surface area (Å²) in [7, 11) is 0. The lowest BCUT2D eigenvalue weighted by molar-refractivity contribution is -0.385. The van der Waals surface area contributed by atoms with Crippen LogP contribution >= 0.6 is 34.2 Å². The summed E-state index contributed by atoms with van der Waals surface area (Å²) >= 11 is 8.11. The Morgan fingerprint density at radius 2 is 2.10 bits per heavy atom. The molecule has 0 saturated carbocycles. The second-order valence-electron chi connectivity index (χ2n) is 4.48. The van der Waals surface area contributed by atoms with Crippen LogP contribution in [0.4, 0.5) is 5.69 Å². The lowest BCUT2D eigenvalue weighted by atomic mass is 9.92. The lowest BCUT2D eigenvalue weighted by Gasteiger charge is -2.11. The highest BCUT2D eigenvalue weighted by Crippen LogP contribution is 2.31. The maximum absolute atomic E-state index is 11.1. The summed E-state index contributed by atoms with van der Waals surface area (Å²) in [5, 5.41) is 20.9. The molecule has 2 aromatic rings. The van der Waals surface area contributed by atoms with Crippen LogP contribution < -0.4 is 0 Å². The van der Waals surface area contributed by atoms with Crippen molar-refractivity contribution in [2.75, 3.05) is 0 Å². The van der Waals surface area contributed by atoms with Gasteiger partial charge >= 0.3 is 0 Å². The van der Waals surface area contributed by atoms with Gasteiger partial charge in [-0.1, -0.05) is 23.7 Å². The highest BCUT2D eigenvalue weighted by Gasteiger charge is 2.22. The molecule has 106 valence electrons. The van der Waals surface area contributed by atoms with Crippen LogP contribution in [0.15, 0.2) is 42.5 Å². The van der Waals surface area contributed by atoms with E-state index in [0.29, 0.717) is 17.0 Å². The number of hydrogen-bond acceptors (Lipinski definition) is 3. The summed E-state index contributed by atoms with van der Waals surface area (Å²) in [5.74, 6) is -0.609. The zero-order valence-corrected chi connectivity index (χ0v) is 13.7. The Kier molecular flexibility index (Phi) is 5.15. The Labute approximate surface area is 140 Å². The SMILES string of the molecule is N#CC(Cc1cccc(I)c1)c1cc(Cl)ccc1[N+](=O)[O-]. The molecule has 0 aromatic heterocycles. The van der Waals surface area contributed by atoms with Crippen molar-refractivity contribution in [3.05, 3.63) is 72.3 Å². The molecule has 0 spiro atoms. The van der Waals surface area contributed by atoms with Crippen molar-refractivity contribution in [3.8, 4) is 6.07 Å². The second-order valence-corrected chi connectivity index (χ2v) is 6.16. The minimum absolute atomic E-state index is 0.0726. The predicted octanol–water partition coefficient (Wildman–Crippen LogP) is 4.70. The predicted molar refractivity (Wildman–Crippen MR) is 89.3 cm³/mol. The van der Waals surface area contributed by atoms with Crippen LogP contribution in [0.1, 0.15) is 17.0 Å². The van der Waals surface area contributed by atoms with Crippen molar-refractivity contribution < 1.29 is 4.92 Å². The third kappa shape index (κ3) is 3.93. The molecule has 0 aliphatic carbocycles. The monoisotopic (exact) mass is 412 g/mol. The molecule has 0 heterocycles. The number of nitro groups is 1. The van der Waals surface area contributed by atoms with Gasteiger partial charge in [-0.3, -0.25) is 10.1 Å². The Morgan fingerprint density at radius 3 is 2.71 bits per heavy atom. The molecule has 6 heteroatoms. The van der Waals surface area contributed by atoms with Crippen molar-refractivity contribution in [2.45, 2.75) is 12.3 Å². The number of hydrogen-bond donors (Lipinski definition) is 0. The fraction of sp³-hybridized carbons (Fsp3) is 0.133. The van der Waals surface area contributed by atoms with E-state index in [1.54, 1.807) is 0 Å². The van der Waals surface area contributed by atoms with Gasteiger partial charge in [-0.15, -0.1) is 0 Å². The highest BCUT2D eigenvalue weighted by molar-refractivity contribution is 14.1. The molecule has 21 heavy (non-hydrogen) atoms. The maximum atomic E-state index is 11.1. The van der Waals surface area contributed by atoms with Crippen LogP contribution in [-0.4, -0.2) is 4.92 Å². The van der Waals surface area contributed by atoms with Crippen molar-refractivity contribution in [3.63, 3.8) is 0 Å². The van der Waals surface area contributed by atoms with Crippen LogP contribution in [-0.2, 0) is 6.42 Å². The molecule has 1 unspecified atom stereocenters. The van der Waals surface area contributed by atoms with Crippen molar-refractivity contribution >= 4 is 39.9 Å². The van der Waals surface area contributed by atoms with Gasteiger partial charge in [0.1, 0.15) is 0 Å². The van der Waals surface area contributed by atoms with E-state index in [4.69, 9.17) is 11.6 Å². The summed E-state index contributed by atoms with van der Waals surface area (Å²) in [6, 6.07) is 14.2. The molecule has 0 N–H and O–H groups in total. The van der Waals surface area contributed by atoms with Gasteiger partial charge < -0.3 is 0 Å². The minimum atomic E-state index is -0.609. The number of halogens is 2. The van der Waals surface area contributed by atoms with Gasteiger partial charge in [-0.05, 0) is 58.8 Å². The number of nitro benzene ring substituents is 1. The Morgan fingerprint density at radius 1 is 1.33 bits per heavy atom. The fourth-order valence-electron chi connectivity index (χ4n) is 2.10. The van der Waals surface area contributed by atoms with E-state index >= 15 is 0 Å². The Bertz CT molecular complexity index is 728. The molecule has 0 fully saturated rings. The average molecular weight is 413 g/mol. The van der Waals surface area contributed by atoms with Gasteiger partial charge in [0.15, 0.2) is 0 Å². The van der Waals surface area contributed by atoms with Gasteiger partial charge in [0.05, 0.1) is 16.9 Å². The number of rotatable bonds is 4. The quantitative estimate of drug-likeness (QED) is 0.415. The number of nitrogens with zero attached hydrogens (tertiary/aromatic N) is 2. The third-order valence-electron chi connectivity index (χ3n) is 3.05. The standard InChI is InChI=1S/C15H10ClIN2O2/c16-12-4-5-15(19(20)21)14(8-12)11(9-18)6-10-2-1-3-13(17)7-10/h1-5,7-8,11H,6H2. The largest absolute Gasteiger partial charge is 0.274 e. The van der Waals surface area contributed by atoms with Gasteiger partial charge in [0, 0.05) is 20.2 Å². The molecular formula is C15H10ClIN2O2. The summed E-state index contributed by atoms with van der Waals surface area (Å²) in [4.78, 5) is 10.6. The molecule has 0 aliphatic heterocycles. The third-order valence-corrected chi connectivity index (χ3v) is 3.95. The summed E-state index contributed by atoms with van der Waals surface area (Å²) in [6.07, 6.45) is 0.411. The summed E-state index contributed by atoms with van der Waals surface area (Å²) in [6.45, 7) is 0. The lowest BCUT2D eigenvalue weighted by Crippen LogP contribution is -2.04. The van der Waals surface area contributed by atoms with Crippen LogP contribution in [0.5, 0.6) is 0 Å². The first-order chi connectivity index (χ1) is 10.0. The zero-order chi connectivity index (χ0) is 15.4. The van der Waals surface area contributed by atoms with Crippen LogP contribution in [0, 0.1) is 25.0 Å². The average Bonchev–Trinajstić information content (AvgIpc) is 2.44. The number of benzene rings is 2. The van der Waals surface area contributed by atoms with Crippen molar-refractivity contribution in [1.29, 1.82) is 5.26 Å². The molecule has 2 aromatic carbocycles. The van der Waals surface area contributed by atoms with E-state index < -0.39 is 10.8 Å². The van der Waals surface area contributed by atoms with Crippen molar-refractivity contribution in [1.82, 2.24) is 0 Å². The smallest absolute Gasteiger partial charge is 0.258 e. The number of nitriles is 1. The molecule has 0 amide bonds. The van der Waals surface area contributed by atoms with Gasteiger partial charge in [0.2, 0.25) is 0 Å². The summed E-state index contributed by atoms with van der Waals surface area (Å²) in [5.41, 5.74) is 1.24. The van der Waals surface area contributed by atoms with Gasteiger partial charge in [-0.2, -0.15) is 5.26 Å². The van der Waals surface area contributed by atoms with Crippen LogP contribution in [0.25, 0.3) is 0 Å². The van der Waals surface area contributed by atoms with E-state index in [1.807, 2.05) is 24.3 Å². The first kappa shape index (κ1) is 15.7. The van der Waals surface area contributed by atoms with E-state index in [1.165, 1.54) is 18.2 Å².